The highest BCUT2D eigenvalue weighted by Gasteiger charge is 2.12. The van der Waals surface area contributed by atoms with Gasteiger partial charge in [0.2, 0.25) is 0 Å². The zero-order chi connectivity index (χ0) is 16.4. The molecule has 1 fully saturated rings. The predicted octanol–water partition coefficient (Wildman–Crippen LogP) is 6.28. The highest BCUT2D eigenvalue weighted by atomic mass is 15.2. The number of hydrogen-bond donors (Lipinski definition) is 2. The molecule has 0 amide bonds. The third-order valence-corrected chi connectivity index (χ3v) is 4.96. The number of unbranched alkanes of at least 4 members (excludes halogenated alkanes) is 14. The first-order chi connectivity index (χ1) is 11.4. The minimum absolute atomic E-state index is 0.544. The molecule has 1 aliphatic rings. The third kappa shape index (κ3) is 13.6. The quantitative estimate of drug-likeness (QED) is 0.308. The average Bonchev–Trinajstić information content (AvgIpc) is 2.52. The number of nitrogens with one attached hydrogen (secondary N) is 2. The second-order valence-corrected chi connectivity index (χ2v) is 7.25. The maximum absolute atomic E-state index is 3.38. The van der Waals surface area contributed by atoms with E-state index in [4.69, 9.17) is 0 Å². The van der Waals surface area contributed by atoms with Crippen LogP contribution in [0.4, 0.5) is 0 Å². The molecule has 1 atom stereocenters. The van der Waals surface area contributed by atoms with E-state index in [0.717, 1.165) is 0 Å². The van der Waals surface area contributed by atoms with Gasteiger partial charge in [0, 0.05) is 6.54 Å². The van der Waals surface area contributed by atoms with Crippen LogP contribution in [0.3, 0.4) is 0 Å². The van der Waals surface area contributed by atoms with Crippen molar-refractivity contribution in [2.24, 2.45) is 0 Å². The molecule has 2 N–H and O–H groups in total. The molecule has 1 rings (SSSR count). The van der Waals surface area contributed by atoms with E-state index in [1.807, 2.05) is 0 Å². The third-order valence-electron chi connectivity index (χ3n) is 4.96. The molecule has 0 saturated carbocycles. The van der Waals surface area contributed by atoms with E-state index >= 15 is 0 Å². The molecular weight excluding hydrogens is 280 g/mol. The summed E-state index contributed by atoms with van der Waals surface area (Å²) in [6.45, 7) is 3.46. The van der Waals surface area contributed by atoms with Gasteiger partial charge in [-0.05, 0) is 25.5 Å². The maximum atomic E-state index is 3.38. The molecule has 0 aliphatic carbocycles. The fraction of sp³-hybridized carbons (Fsp3) is 0.905. The molecule has 0 bridgehead atoms. The van der Waals surface area contributed by atoms with Crippen LogP contribution in [-0.2, 0) is 0 Å². The molecule has 0 spiro atoms. The van der Waals surface area contributed by atoms with E-state index in [1.165, 1.54) is 109 Å². The van der Waals surface area contributed by atoms with Crippen molar-refractivity contribution in [1.29, 1.82) is 0 Å². The van der Waals surface area contributed by atoms with Crippen LogP contribution in [0.25, 0.3) is 0 Å². The van der Waals surface area contributed by atoms with Gasteiger partial charge in [0.1, 0.15) is 0 Å². The summed E-state index contributed by atoms with van der Waals surface area (Å²) in [5.74, 6) is 0. The lowest BCUT2D eigenvalue weighted by molar-refractivity contribution is 0.339. The monoisotopic (exact) mass is 322 g/mol. The fourth-order valence-electron chi connectivity index (χ4n) is 3.16. The zero-order valence-electron chi connectivity index (χ0n) is 15.8. The SMILES string of the molecule is CCCCCCCCCCCCCCCCC=CNC1CCN1. The van der Waals surface area contributed by atoms with Gasteiger partial charge in [0.15, 0.2) is 0 Å². The van der Waals surface area contributed by atoms with Gasteiger partial charge < -0.3 is 5.32 Å². The Labute approximate surface area is 145 Å². The topological polar surface area (TPSA) is 24.1 Å². The van der Waals surface area contributed by atoms with Crippen LogP contribution in [0, 0.1) is 0 Å². The minimum Gasteiger partial charge on any atom is -0.376 e. The lowest BCUT2D eigenvalue weighted by Crippen LogP contribution is -2.50. The van der Waals surface area contributed by atoms with Crippen molar-refractivity contribution >= 4 is 0 Å². The molecule has 136 valence electrons. The first-order valence-electron chi connectivity index (χ1n) is 10.6. The molecule has 2 nitrogen and oxygen atoms in total. The molecule has 1 heterocycles. The Bertz CT molecular complexity index is 259. The zero-order valence-corrected chi connectivity index (χ0v) is 15.8. The Morgan fingerprint density at radius 3 is 1.70 bits per heavy atom. The van der Waals surface area contributed by atoms with E-state index in [-0.39, 0.29) is 0 Å². The summed E-state index contributed by atoms with van der Waals surface area (Å²) in [7, 11) is 0. The van der Waals surface area contributed by atoms with Crippen molar-refractivity contribution in [2.75, 3.05) is 6.54 Å². The first kappa shape index (κ1) is 20.5. The Balaban J connectivity index is 1.65. The summed E-state index contributed by atoms with van der Waals surface area (Å²) < 4.78 is 0. The molecule has 0 aromatic heterocycles. The van der Waals surface area contributed by atoms with Gasteiger partial charge in [-0.3, -0.25) is 5.32 Å². The summed E-state index contributed by atoms with van der Waals surface area (Å²) in [6, 6.07) is 0. The van der Waals surface area contributed by atoms with Gasteiger partial charge in [0.25, 0.3) is 0 Å². The molecule has 1 unspecified atom stereocenters. The van der Waals surface area contributed by atoms with E-state index in [0.29, 0.717) is 6.17 Å². The Kier molecular flexibility index (Phi) is 14.6. The van der Waals surface area contributed by atoms with Crippen molar-refractivity contribution in [3.63, 3.8) is 0 Å². The van der Waals surface area contributed by atoms with Gasteiger partial charge in [-0.15, -0.1) is 0 Å². The van der Waals surface area contributed by atoms with Crippen molar-refractivity contribution in [3.8, 4) is 0 Å². The smallest absolute Gasteiger partial charge is 0.0775 e. The summed E-state index contributed by atoms with van der Waals surface area (Å²) in [5, 5.41) is 6.71. The van der Waals surface area contributed by atoms with Crippen LogP contribution in [0.5, 0.6) is 0 Å². The molecule has 2 heteroatoms. The van der Waals surface area contributed by atoms with E-state index in [2.05, 4.69) is 29.8 Å². The van der Waals surface area contributed by atoms with Crippen LogP contribution in [-0.4, -0.2) is 12.7 Å². The van der Waals surface area contributed by atoms with Gasteiger partial charge >= 0.3 is 0 Å². The van der Waals surface area contributed by atoms with Crippen molar-refractivity contribution < 1.29 is 0 Å². The van der Waals surface area contributed by atoms with Crippen LogP contribution in [0.1, 0.15) is 110 Å². The summed E-state index contributed by atoms with van der Waals surface area (Å²) >= 11 is 0. The summed E-state index contributed by atoms with van der Waals surface area (Å²) in [6.07, 6.45) is 27.7. The first-order valence-corrected chi connectivity index (χ1v) is 10.6. The molecule has 1 aliphatic heterocycles. The Hall–Kier alpha value is -0.500. The van der Waals surface area contributed by atoms with Crippen molar-refractivity contribution in [3.05, 3.63) is 12.3 Å². The largest absolute Gasteiger partial charge is 0.376 e. The second kappa shape index (κ2) is 16.4. The van der Waals surface area contributed by atoms with E-state index < -0.39 is 0 Å². The highest BCUT2D eigenvalue weighted by Crippen LogP contribution is 2.13. The number of allylic oxidation sites excluding steroid dienone is 1. The fourth-order valence-corrected chi connectivity index (χ4v) is 3.16. The van der Waals surface area contributed by atoms with E-state index in [9.17, 15) is 0 Å². The lowest BCUT2D eigenvalue weighted by atomic mass is 10.0. The molecule has 0 aromatic rings. The van der Waals surface area contributed by atoms with Gasteiger partial charge in [-0.1, -0.05) is 96.5 Å². The van der Waals surface area contributed by atoms with Crippen LogP contribution in [0.15, 0.2) is 12.3 Å². The molecule has 23 heavy (non-hydrogen) atoms. The molecular formula is C21H42N2. The Morgan fingerprint density at radius 2 is 1.26 bits per heavy atom. The summed E-state index contributed by atoms with van der Waals surface area (Å²) in [5.41, 5.74) is 0. The average molecular weight is 323 g/mol. The lowest BCUT2D eigenvalue weighted by Gasteiger charge is -2.27. The second-order valence-electron chi connectivity index (χ2n) is 7.25. The minimum atomic E-state index is 0.544. The molecule has 1 saturated heterocycles. The summed E-state index contributed by atoms with van der Waals surface area (Å²) in [4.78, 5) is 0. The van der Waals surface area contributed by atoms with Crippen LogP contribution < -0.4 is 10.6 Å². The predicted molar refractivity (Wildman–Crippen MR) is 104 cm³/mol. The molecule has 0 aromatic carbocycles. The standard InChI is InChI=1S/C21H42N2/c1-2-3-4-5-6-7-8-9-10-11-12-13-14-15-16-17-19-22-21-18-20-23-21/h17,19,21-23H,2-16,18,20H2,1H3. The van der Waals surface area contributed by atoms with Gasteiger partial charge in [-0.2, -0.15) is 0 Å². The van der Waals surface area contributed by atoms with E-state index in [1.54, 1.807) is 0 Å². The number of rotatable bonds is 17. The van der Waals surface area contributed by atoms with Gasteiger partial charge in [0.05, 0.1) is 6.17 Å². The van der Waals surface area contributed by atoms with Crippen LogP contribution >= 0.6 is 0 Å². The highest BCUT2D eigenvalue weighted by molar-refractivity contribution is 4.85. The van der Waals surface area contributed by atoms with Crippen LogP contribution in [0.2, 0.25) is 0 Å². The Morgan fingerprint density at radius 1 is 0.783 bits per heavy atom. The maximum Gasteiger partial charge on any atom is 0.0775 e. The van der Waals surface area contributed by atoms with Crippen molar-refractivity contribution in [1.82, 2.24) is 10.6 Å². The molecule has 0 radical (unpaired) electrons. The number of hydrogen-bond acceptors (Lipinski definition) is 2. The van der Waals surface area contributed by atoms with Crippen molar-refractivity contribution in [2.45, 2.75) is 116 Å². The normalized spacial score (nSPS) is 17.5. The van der Waals surface area contributed by atoms with Gasteiger partial charge in [-0.25, -0.2) is 0 Å².